The second-order valence-corrected chi connectivity index (χ2v) is 2.31. The second-order valence-electron chi connectivity index (χ2n) is 2.31. The second kappa shape index (κ2) is 2.34. The van der Waals surface area contributed by atoms with Crippen molar-refractivity contribution in [1.82, 2.24) is 0 Å². The third-order valence-electron chi connectivity index (χ3n) is 1.58. The van der Waals surface area contributed by atoms with Crippen molar-refractivity contribution in [2.45, 2.75) is 0 Å². The van der Waals surface area contributed by atoms with Crippen LogP contribution < -0.4 is 4.74 Å². The van der Waals surface area contributed by atoms with Gasteiger partial charge in [-0.25, -0.2) is 0 Å². The Hall–Kier alpha value is -1.38. The summed E-state index contributed by atoms with van der Waals surface area (Å²) in [5, 5.41) is 0. The van der Waals surface area contributed by atoms with Crippen molar-refractivity contribution >= 4 is 5.69 Å². The molecule has 0 atom stereocenters. The average molecular weight is 149 g/mol. The molecule has 0 spiro atoms. The molecular formula is C8H7NO2+. The van der Waals surface area contributed by atoms with Crippen molar-refractivity contribution in [3.63, 3.8) is 0 Å². The van der Waals surface area contributed by atoms with Gasteiger partial charge < -0.3 is 4.74 Å². The molecule has 0 amide bonds. The maximum Gasteiger partial charge on any atom is 0.297 e. The lowest BCUT2D eigenvalue weighted by molar-refractivity contribution is -0.465. The van der Waals surface area contributed by atoms with E-state index in [-0.39, 0.29) is 0 Å². The molecule has 1 heterocycles. The molecule has 0 aromatic heterocycles. The Kier molecular flexibility index (Phi) is 1.35. The summed E-state index contributed by atoms with van der Waals surface area (Å²) in [7, 11) is 0. The van der Waals surface area contributed by atoms with Crippen LogP contribution in [0.2, 0.25) is 0 Å². The van der Waals surface area contributed by atoms with Crippen LogP contribution in [-0.2, 0) is 0 Å². The molecule has 3 nitrogen and oxygen atoms in total. The number of fused-ring (bicyclic) bond motifs is 1. The van der Waals surface area contributed by atoms with Crippen LogP contribution in [0.1, 0.15) is 0 Å². The van der Waals surface area contributed by atoms with Gasteiger partial charge in [-0.3, -0.25) is 0 Å². The Bertz CT molecular complexity index is 296. The van der Waals surface area contributed by atoms with Crippen molar-refractivity contribution in [2.75, 3.05) is 6.54 Å². The standard InChI is InChI=1S/C8H7NO2/c10-9-5-6-11-8-4-2-1-3-7(8)9/h1-4,6H,5H2/q+1. The number of nitrogens with zero attached hydrogens (tertiary/aromatic N) is 1. The van der Waals surface area contributed by atoms with Gasteiger partial charge in [0.15, 0.2) is 5.75 Å². The van der Waals surface area contributed by atoms with Gasteiger partial charge >= 0.3 is 0 Å². The van der Waals surface area contributed by atoms with Crippen LogP contribution in [0.4, 0.5) is 5.69 Å². The number of ether oxygens (including phenoxy) is 1. The molecule has 55 valence electrons. The van der Waals surface area contributed by atoms with E-state index in [1.165, 1.54) is 6.61 Å². The van der Waals surface area contributed by atoms with Gasteiger partial charge in [-0.05, 0) is 6.07 Å². The molecule has 3 heteroatoms. The minimum absolute atomic E-state index is 0.303. The Morgan fingerprint density at radius 2 is 2.18 bits per heavy atom. The highest BCUT2D eigenvalue weighted by atomic mass is 16.5. The smallest absolute Gasteiger partial charge is 0.297 e. The molecule has 0 unspecified atom stereocenters. The quantitative estimate of drug-likeness (QED) is 0.525. The largest absolute Gasteiger partial charge is 0.472 e. The van der Waals surface area contributed by atoms with Gasteiger partial charge in [0.25, 0.3) is 5.69 Å². The number of rotatable bonds is 0. The van der Waals surface area contributed by atoms with Crippen LogP contribution in [0.3, 0.4) is 0 Å². The minimum Gasteiger partial charge on any atom is -0.472 e. The summed E-state index contributed by atoms with van der Waals surface area (Å²) in [5.74, 6) is 0.633. The summed E-state index contributed by atoms with van der Waals surface area (Å²) in [4.78, 5) is 11.1. The van der Waals surface area contributed by atoms with Gasteiger partial charge in [-0.2, -0.15) is 0 Å². The van der Waals surface area contributed by atoms with E-state index in [9.17, 15) is 4.91 Å². The predicted octanol–water partition coefficient (Wildman–Crippen LogP) is 1.65. The summed E-state index contributed by atoms with van der Waals surface area (Å²) < 4.78 is 6.03. The van der Waals surface area contributed by atoms with Gasteiger partial charge in [0, 0.05) is 15.7 Å². The average Bonchev–Trinajstić information content (AvgIpc) is 2.06. The van der Waals surface area contributed by atoms with Crippen molar-refractivity contribution in [3.8, 4) is 5.75 Å². The van der Waals surface area contributed by atoms with Crippen LogP contribution >= 0.6 is 0 Å². The van der Waals surface area contributed by atoms with Gasteiger partial charge in [-0.15, -0.1) is 0 Å². The van der Waals surface area contributed by atoms with Crippen molar-refractivity contribution in [2.24, 2.45) is 0 Å². The van der Waals surface area contributed by atoms with Crippen molar-refractivity contribution in [1.29, 1.82) is 0 Å². The zero-order valence-electron chi connectivity index (χ0n) is 5.86. The molecule has 2 rings (SSSR count). The van der Waals surface area contributed by atoms with Crippen molar-refractivity contribution < 1.29 is 9.50 Å². The molecule has 1 aliphatic heterocycles. The first-order valence-electron chi connectivity index (χ1n) is 3.40. The number of para-hydroxylation sites is 2. The molecule has 0 aliphatic carbocycles. The predicted molar refractivity (Wildman–Crippen MR) is 39.5 cm³/mol. The number of hydrogen-bond acceptors (Lipinski definition) is 2. The molecule has 0 saturated heterocycles. The van der Waals surface area contributed by atoms with Gasteiger partial charge in [0.1, 0.15) is 0 Å². The SMILES string of the molecule is O=[N+]1C[CH]Oc2ccccc21. The molecule has 11 heavy (non-hydrogen) atoms. The summed E-state index contributed by atoms with van der Waals surface area (Å²) >= 11 is 0. The normalized spacial score (nSPS) is 15.5. The van der Waals surface area contributed by atoms with E-state index in [0.29, 0.717) is 18.0 Å². The summed E-state index contributed by atoms with van der Waals surface area (Å²) in [6, 6.07) is 7.18. The molecular weight excluding hydrogens is 142 g/mol. The Balaban J connectivity index is 2.52. The molecule has 1 radical (unpaired) electrons. The topological polar surface area (TPSA) is 29.3 Å². The van der Waals surface area contributed by atoms with E-state index < -0.39 is 0 Å². The third-order valence-corrected chi connectivity index (χ3v) is 1.58. The van der Waals surface area contributed by atoms with E-state index in [0.717, 1.165) is 4.76 Å². The lowest BCUT2D eigenvalue weighted by atomic mass is 10.2. The minimum atomic E-state index is 0.303. The van der Waals surface area contributed by atoms with Crippen molar-refractivity contribution in [3.05, 3.63) is 35.8 Å². The van der Waals surface area contributed by atoms with E-state index >= 15 is 0 Å². The number of benzene rings is 1. The number of nitroso groups, excluding NO2 is 1. The van der Waals surface area contributed by atoms with Gasteiger partial charge in [0.2, 0.25) is 13.2 Å². The lowest BCUT2D eigenvalue weighted by Gasteiger charge is -2.07. The summed E-state index contributed by atoms with van der Waals surface area (Å²) in [5.41, 5.74) is 0.606. The van der Waals surface area contributed by atoms with E-state index in [1.54, 1.807) is 12.1 Å². The maximum absolute atomic E-state index is 11.1. The Morgan fingerprint density at radius 3 is 3.00 bits per heavy atom. The van der Waals surface area contributed by atoms with Crippen LogP contribution in [-0.4, -0.2) is 11.3 Å². The van der Waals surface area contributed by atoms with Crippen LogP contribution in [0.25, 0.3) is 0 Å². The van der Waals surface area contributed by atoms with E-state index in [2.05, 4.69) is 0 Å². The van der Waals surface area contributed by atoms with E-state index in [4.69, 9.17) is 4.74 Å². The fourth-order valence-corrected chi connectivity index (χ4v) is 1.06. The highest BCUT2D eigenvalue weighted by molar-refractivity contribution is 5.46. The first kappa shape index (κ1) is 6.34. The van der Waals surface area contributed by atoms with E-state index in [1.807, 2.05) is 12.1 Å². The molecule has 1 aromatic rings. The zero-order valence-corrected chi connectivity index (χ0v) is 5.86. The van der Waals surface area contributed by atoms with Gasteiger partial charge in [0.05, 0.1) is 0 Å². The molecule has 1 aromatic carbocycles. The monoisotopic (exact) mass is 149 g/mol. The van der Waals surface area contributed by atoms with Crippen LogP contribution in [0, 0.1) is 11.5 Å². The Morgan fingerprint density at radius 1 is 1.36 bits per heavy atom. The molecule has 0 N–H and O–H groups in total. The molecule has 0 fully saturated rings. The highest BCUT2D eigenvalue weighted by Crippen LogP contribution is 2.29. The maximum atomic E-state index is 11.1. The fraction of sp³-hybridized carbons (Fsp3) is 0.125. The summed E-state index contributed by atoms with van der Waals surface area (Å²) in [6.07, 6.45) is 0. The molecule has 0 saturated carbocycles. The molecule has 0 bridgehead atoms. The van der Waals surface area contributed by atoms with Crippen LogP contribution in [0.5, 0.6) is 5.75 Å². The highest BCUT2D eigenvalue weighted by Gasteiger charge is 2.24. The first-order valence-corrected chi connectivity index (χ1v) is 3.40. The molecule has 1 aliphatic rings. The van der Waals surface area contributed by atoms with Gasteiger partial charge in [-0.1, -0.05) is 12.1 Å². The zero-order chi connectivity index (χ0) is 7.68. The van der Waals surface area contributed by atoms with Crippen LogP contribution in [0.15, 0.2) is 24.3 Å². The summed E-state index contributed by atoms with van der Waals surface area (Å²) in [6.45, 7) is 1.80. The lowest BCUT2D eigenvalue weighted by Crippen LogP contribution is -2.13. The third kappa shape index (κ3) is 0.981. The first-order chi connectivity index (χ1) is 5.38. The number of hydrogen-bond donors (Lipinski definition) is 0. The fourth-order valence-electron chi connectivity index (χ4n) is 1.06. The Labute approximate surface area is 64.2 Å².